The molecule has 1 N–H and O–H groups in total. The van der Waals surface area contributed by atoms with Crippen LogP contribution in [0.1, 0.15) is 50.3 Å². The number of hydrogen-bond donors (Lipinski definition) is 1. The van der Waals surface area contributed by atoms with Crippen molar-refractivity contribution in [3.8, 4) is 11.4 Å². The third-order valence-corrected chi connectivity index (χ3v) is 6.46. The molecule has 2 aliphatic rings. The van der Waals surface area contributed by atoms with E-state index in [2.05, 4.69) is 21.0 Å². The number of carbonyl (C=O) groups excluding carboxylic acids is 1. The Balaban J connectivity index is 1.42. The number of rotatable bonds is 4. The summed E-state index contributed by atoms with van der Waals surface area (Å²) in [5, 5.41) is 0. The van der Waals surface area contributed by atoms with Crippen molar-refractivity contribution in [1.29, 1.82) is 0 Å². The van der Waals surface area contributed by atoms with Crippen LogP contribution < -0.4 is 5.56 Å². The second-order valence-electron chi connectivity index (χ2n) is 9.05. The fourth-order valence-electron chi connectivity index (χ4n) is 4.95. The van der Waals surface area contributed by atoms with E-state index in [1.54, 1.807) is 24.7 Å². The average molecular weight is 443 g/mol. The molecule has 0 radical (unpaired) electrons. The minimum atomic E-state index is -0.621. The first-order valence-electron chi connectivity index (χ1n) is 11.2. The molecule has 2 aromatic heterocycles. The number of H-pyrrole nitrogens is 1. The number of pyridine rings is 1. The van der Waals surface area contributed by atoms with Gasteiger partial charge in [0.25, 0.3) is 5.56 Å². The summed E-state index contributed by atoms with van der Waals surface area (Å²) in [5.74, 6) is 0.567. The maximum Gasteiger partial charge on any atom is 0.411 e. The van der Waals surface area contributed by atoms with Crippen LogP contribution in [0.3, 0.4) is 0 Å². The Bertz CT molecular complexity index is 1250. The van der Waals surface area contributed by atoms with Crippen LogP contribution in [0.5, 0.6) is 0 Å². The number of nitrogens with zero attached hydrogens (tertiary/aromatic N) is 3. The molecule has 7 nitrogen and oxygen atoms in total. The molecule has 1 aliphatic carbocycles. The third kappa shape index (κ3) is 3.95. The van der Waals surface area contributed by atoms with Gasteiger partial charge in [-0.1, -0.05) is 36.4 Å². The van der Waals surface area contributed by atoms with Gasteiger partial charge in [0, 0.05) is 35.8 Å². The number of cyclic esters (lactones) is 1. The Morgan fingerprint density at radius 1 is 1.09 bits per heavy atom. The number of nitrogens with one attached hydrogen (secondary N) is 1. The molecular weight excluding hydrogens is 416 g/mol. The van der Waals surface area contributed by atoms with Gasteiger partial charge >= 0.3 is 6.09 Å². The summed E-state index contributed by atoms with van der Waals surface area (Å²) in [7, 11) is 0. The number of allylic oxidation sites excluding steroid dienone is 1. The number of hydrogen-bond acceptors (Lipinski definition) is 5. The molecule has 1 fully saturated rings. The van der Waals surface area contributed by atoms with E-state index >= 15 is 0 Å². The van der Waals surface area contributed by atoms with Gasteiger partial charge in [-0.05, 0) is 56.4 Å². The predicted molar refractivity (Wildman–Crippen MR) is 125 cm³/mol. The molecule has 0 spiro atoms. The fourth-order valence-corrected chi connectivity index (χ4v) is 4.95. The Hall–Kier alpha value is -3.74. The highest BCUT2D eigenvalue weighted by molar-refractivity contribution is 5.74. The van der Waals surface area contributed by atoms with Crippen LogP contribution >= 0.6 is 0 Å². The molecule has 0 saturated carbocycles. The monoisotopic (exact) mass is 442 g/mol. The average Bonchev–Trinajstić information content (AvgIpc) is 3.08. The molecule has 1 amide bonds. The van der Waals surface area contributed by atoms with Gasteiger partial charge in [-0.15, -0.1) is 0 Å². The van der Waals surface area contributed by atoms with Gasteiger partial charge in [-0.25, -0.2) is 14.8 Å². The number of aromatic amines is 1. The molecule has 2 atom stereocenters. The lowest BCUT2D eigenvalue weighted by Gasteiger charge is -2.36. The molecule has 1 aromatic carbocycles. The lowest BCUT2D eigenvalue weighted by molar-refractivity contribution is 0.0668. The van der Waals surface area contributed by atoms with E-state index in [0.717, 1.165) is 23.1 Å². The van der Waals surface area contributed by atoms with E-state index in [0.29, 0.717) is 24.2 Å². The van der Waals surface area contributed by atoms with Crippen LogP contribution in [0.2, 0.25) is 0 Å². The number of carbonyl (C=O) groups is 1. The van der Waals surface area contributed by atoms with Gasteiger partial charge in [0.05, 0.1) is 6.04 Å². The number of amides is 1. The molecule has 7 heteroatoms. The molecule has 3 aromatic rings. The van der Waals surface area contributed by atoms with Crippen molar-refractivity contribution in [2.75, 3.05) is 0 Å². The summed E-state index contributed by atoms with van der Waals surface area (Å²) in [6.07, 6.45) is 8.90. The van der Waals surface area contributed by atoms with Crippen molar-refractivity contribution in [2.24, 2.45) is 0 Å². The quantitative estimate of drug-likeness (QED) is 0.631. The standard InChI is InChI=1S/C26H26N4O3/c1-26(2)22(18-7-4-3-5-8-18)30(25(32)33-26)20-11-9-17(10-12-20)21-15-19(16-29-24(21)31)23-27-13-6-14-28-23/h3-9,13-16,20,22H,10-12H2,1-2H3,(H,29,31)/t20-,22-/m0/s1. The fraction of sp³-hybridized carbons (Fsp3) is 0.308. The van der Waals surface area contributed by atoms with Gasteiger partial charge in [0.1, 0.15) is 5.60 Å². The molecule has 33 heavy (non-hydrogen) atoms. The van der Waals surface area contributed by atoms with Crippen LogP contribution in [0.15, 0.2) is 71.9 Å². The van der Waals surface area contributed by atoms with Crippen LogP contribution in [-0.2, 0) is 4.74 Å². The Morgan fingerprint density at radius 3 is 2.55 bits per heavy atom. The number of aromatic nitrogens is 3. The zero-order valence-electron chi connectivity index (χ0n) is 18.7. The summed E-state index contributed by atoms with van der Waals surface area (Å²) in [6.45, 7) is 3.92. The first-order valence-corrected chi connectivity index (χ1v) is 11.2. The van der Waals surface area contributed by atoms with E-state index in [1.165, 1.54) is 0 Å². The highest BCUT2D eigenvalue weighted by atomic mass is 16.6. The maximum atomic E-state index is 12.9. The molecule has 1 aliphatic heterocycles. The van der Waals surface area contributed by atoms with Crippen molar-refractivity contribution in [1.82, 2.24) is 19.9 Å². The summed E-state index contributed by atoms with van der Waals surface area (Å²) in [5.41, 5.74) is 2.68. The Morgan fingerprint density at radius 2 is 1.85 bits per heavy atom. The van der Waals surface area contributed by atoms with Crippen molar-refractivity contribution < 1.29 is 9.53 Å². The van der Waals surface area contributed by atoms with Crippen molar-refractivity contribution in [3.05, 3.63) is 88.6 Å². The Labute approximate surface area is 192 Å². The summed E-state index contributed by atoms with van der Waals surface area (Å²) in [4.78, 5) is 38.7. The number of benzene rings is 1. The molecule has 168 valence electrons. The van der Waals surface area contributed by atoms with Gasteiger partial charge in [-0.2, -0.15) is 0 Å². The van der Waals surface area contributed by atoms with E-state index in [4.69, 9.17) is 4.74 Å². The third-order valence-electron chi connectivity index (χ3n) is 6.46. The van der Waals surface area contributed by atoms with Crippen LogP contribution in [-0.4, -0.2) is 37.6 Å². The SMILES string of the molecule is CC1(C)OC(=O)N([C@H]2CC=C(c3cc(-c4ncccn4)c[nH]c3=O)CC2)[C@H]1c1ccccc1. The maximum absolute atomic E-state index is 12.9. The van der Waals surface area contributed by atoms with Crippen LogP contribution in [0.25, 0.3) is 17.0 Å². The topological polar surface area (TPSA) is 88.2 Å². The summed E-state index contributed by atoms with van der Waals surface area (Å²) >= 11 is 0. The first-order chi connectivity index (χ1) is 15.9. The highest BCUT2D eigenvalue weighted by Gasteiger charge is 2.51. The molecule has 1 saturated heterocycles. The smallest absolute Gasteiger partial charge is 0.411 e. The van der Waals surface area contributed by atoms with E-state index < -0.39 is 5.60 Å². The van der Waals surface area contributed by atoms with Gasteiger partial charge < -0.3 is 9.72 Å². The lowest BCUT2D eigenvalue weighted by atomic mass is 9.86. The minimum Gasteiger partial charge on any atom is -0.441 e. The van der Waals surface area contributed by atoms with E-state index in [1.807, 2.05) is 55.1 Å². The zero-order valence-corrected chi connectivity index (χ0v) is 18.7. The van der Waals surface area contributed by atoms with E-state index in [-0.39, 0.29) is 23.7 Å². The molecule has 0 unspecified atom stereocenters. The lowest BCUT2D eigenvalue weighted by Crippen LogP contribution is -2.41. The normalized spacial score (nSPS) is 22.1. The molecule has 0 bridgehead atoms. The molecular formula is C26H26N4O3. The van der Waals surface area contributed by atoms with E-state index in [9.17, 15) is 9.59 Å². The van der Waals surface area contributed by atoms with Crippen molar-refractivity contribution in [3.63, 3.8) is 0 Å². The zero-order chi connectivity index (χ0) is 23.0. The van der Waals surface area contributed by atoms with Crippen molar-refractivity contribution >= 4 is 11.7 Å². The Kier molecular flexibility index (Phi) is 5.32. The molecule has 5 rings (SSSR count). The molecule has 3 heterocycles. The van der Waals surface area contributed by atoms with Gasteiger partial charge in [-0.3, -0.25) is 9.69 Å². The van der Waals surface area contributed by atoms with Crippen LogP contribution in [0.4, 0.5) is 4.79 Å². The van der Waals surface area contributed by atoms with Gasteiger partial charge in [0.15, 0.2) is 5.82 Å². The van der Waals surface area contributed by atoms with Crippen LogP contribution in [0, 0.1) is 0 Å². The summed E-state index contributed by atoms with van der Waals surface area (Å²) in [6, 6.07) is 13.5. The van der Waals surface area contributed by atoms with Gasteiger partial charge in [0.2, 0.25) is 0 Å². The minimum absolute atomic E-state index is 0.00736. The second-order valence-corrected chi connectivity index (χ2v) is 9.05. The van der Waals surface area contributed by atoms with Crippen molar-refractivity contribution in [2.45, 2.75) is 50.8 Å². The largest absolute Gasteiger partial charge is 0.441 e. The second kappa shape index (κ2) is 8.31. The first kappa shape index (κ1) is 21.1. The highest BCUT2D eigenvalue weighted by Crippen LogP contribution is 2.44. The number of ether oxygens (including phenoxy) is 1. The summed E-state index contributed by atoms with van der Waals surface area (Å²) < 4.78 is 5.77. The predicted octanol–water partition coefficient (Wildman–Crippen LogP) is 4.74.